The van der Waals surface area contributed by atoms with Crippen LogP contribution in [0.5, 0.6) is 5.75 Å². The third-order valence-electron chi connectivity index (χ3n) is 8.08. The van der Waals surface area contributed by atoms with Gasteiger partial charge in [-0.15, -0.1) is 0 Å². The number of carboxylic acid groups (broad SMARTS) is 1. The van der Waals surface area contributed by atoms with Crippen LogP contribution < -0.4 is 9.84 Å². The lowest BCUT2D eigenvalue weighted by Crippen LogP contribution is -2.62. The fraction of sp³-hybridized carbons (Fsp3) is 0.519. The Bertz CT molecular complexity index is 1140. The summed E-state index contributed by atoms with van der Waals surface area (Å²) in [6, 6.07) is 7.18. The van der Waals surface area contributed by atoms with Gasteiger partial charge in [0.1, 0.15) is 17.7 Å². The summed E-state index contributed by atoms with van der Waals surface area (Å²) in [7, 11) is 0. The number of rotatable bonds is 5. The van der Waals surface area contributed by atoms with E-state index in [1.54, 1.807) is 25.1 Å². The number of aryl methyl sites for hydroxylation is 1. The normalized spacial score (nSPS) is 26.6. The smallest absolute Gasteiger partial charge is 0.387 e. The van der Waals surface area contributed by atoms with E-state index in [1.165, 1.54) is 17.0 Å². The summed E-state index contributed by atoms with van der Waals surface area (Å²) in [6.07, 6.45) is 1.32. The Kier molecular flexibility index (Phi) is 5.98. The molecule has 6 rings (SSSR count). The standard InChI is InChI=1S/C27H31F3N2O3/c1-15-10-17(4-5-23(15)35-25(29)30)19-11-18-13-27(2,3)24(20(18)12-21(19)28)32(26(33)34)22-14-31-8-6-16(22)7-9-31/h4-5,10-12,16,22,24-25H,6-9,13-14H2,1-3H3,(H,33,34)/p-1/t22-,24+/m1/s1. The molecule has 3 saturated heterocycles. The van der Waals surface area contributed by atoms with Crippen LogP contribution in [0.25, 0.3) is 11.1 Å². The number of piperidine rings is 3. The van der Waals surface area contributed by atoms with Crippen LogP contribution in [-0.2, 0) is 6.42 Å². The van der Waals surface area contributed by atoms with Crippen LogP contribution in [0, 0.1) is 24.1 Å². The Morgan fingerprint density at radius 2 is 1.91 bits per heavy atom. The SMILES string of the molecule is Cc1cc(-c2cc3c(cc2F)[C@H](N(C(=O)[O-])[C@@H]2CN4CCC2CC4)C(C)(C)C3)ccc1OC(F)F. The van der Waals surface area contributed by atoms with Crippen molar-refractivity contribution >= 4 is 6.09 Å². The van der Waals surface area contributed by atoms with Crippen LogP contribution in [0.1, 0.15) is 49.4 Å². The number of hydrogen-bond acceptors (Lipinski definition) is 4. The molecule has 2 bridgehead atoms. The third-order valence-corrected chi connectivity index (χ3v) is 8.08. The van der Waals surface area contributed by atoms with Crippen LogP contribution in [-0.4, -0.2) is 48.2 Å². The summed E-state index contributed by atoms with van der Waals surface area (Å²) in [6.45, 7) is 5.42. The Morgan fingerprint density at radius 1 is 1.20 bits per heavy atom. The minimum atomic E-state index is -2.93. The van der Waals surface area contributed by atoms with Crippen molar-refractivity contribution < 1.29 is 27.8 Å². The van der Waals surface area contributed by atoms with E-state index in [0.717, 1.165) is 31.5 Å². The first-order valence-electron chi connectivity index (χ1n) is 12.1. The molecule has 0 saturated carbocycles. The fourth-order valence-electron chi connectivity index (χ4n) is 6.52. The van der Waals surface area contributed by atoms with Crippen molar-refractivity contribution in [2.75, 3.05) is 19.6 Å². The molecule has 8 heteroatoms. The predicted molar refractivity (Wildman–Crippen MR) is 124 cm³/mol. The Hall–Kier alpha value is -2.74. The molecule has 5 nitrogen and oxygen atoms in total. The number of fused-ring (bicyclic) bond motifs is 4. The molecule has 188 valence electrons. The maximum atomic E-state index is 15.5. The van der Waals surface area contributed by atoms with Gasteiger partial charge in [0.25, 0.3) is 0 Å². The van der Waals surface area contributed by atoms with Crippen LogP contribution in [0.15, 0.2) is 30.3 Å². The van der Waals surface area contributed by atoms with Crippen molar-refractivity contribution in [1.29, 1.82) is 0 Å². The molecule has 3 fully saturated rings. The first-order valence-corrected chi connectivity index (χ1v) is 12.1. The molecule has 0 aromatic heterocycles. The molecular weight excluding hydrogens is 457 g/mol. The summed E-state index contributed by atoms with van der Waals surface area (Å²) < 4.78 is 45.3. The molecule has 2 aromatic rings. The molecule has 2 aromatic carbocycles. The van der Waals surface area contributed by atoms with E-state index < -0.39 is 30.0 Å². The van der Waals surface area contributed by atoms with Crippen molar-refractivity contribution in [3.8, 4) is 16.9 Å². The maximum Gasteiger partial charge on any atom is 0.387 e. The number of carbonyl (C=O) groups is 1. The molecule has 3 heterocycles. The molecule has 3 aliphatic heterocycles. The molecule has 1 amide bonds. The fourth-order valence-corrected chi connectivity index (χ4v) is 6.52. The minimum Gasteiger partial charge on any atom is -0.530 e. The van der Waals surface area contributed by atoms with Gasteiger partial charge in [-0.2, -0.15) is 8.78 Å². The summed E-state index contributed by atoms with van der Waals surface area (Å²) in [5.74, 6) is -0.131. The van der Waals surface area contributed by atoms with Gasteiger partial charge in [-0.1, -0.05) is 19.9 Å². The van der Waals surface area contributed by atoms with Gasteiger partial charge in [0.15, 0.2) is 0 Å². The van der Waals surface area contributed by atoms with Gasteiger partial charge < -0.3 is 24.4 Å². The van der Waals surface area contributed by atoms with Gasteiger partial charge in [-0.3, -0.25) is 0 Å². The topological polar surface area (TPSA) is 55.8 Å². The van der Waals surface area contributed by atoms with E-state index in [1.807, 2.05) is 13.8 Å². The molecule has 4 aliphatic rings. The zero-order chi connectivity index (χ0) is 25.1. The molecular formula is C27H30F3N2O3-. The largest absolute Gasteiger partial charge is 0.530 e. The van der Waals surface area contributed by atoms with Crippen molar-refractivity contribution in [2.45, 2.75) is 58.7 Å². The van der Waals surface area contributed by atoms with E-state index >= 15 is 4.39 Å². The highest BCUT2D eigenvalue weighted by molar-refractivity contribution is 5.70. The first-order chi connectivity index (χ1) is 16.5. The average molecular weight is 488 g/mol. The van der Waals surface area contributed by atoms with Crippen LogP contribution >= 0.6 is 0 Å². The highest BCUT2D eigenvalue weighted by Crippen LogP contribution is 2.52. The molecule has 0 spiro atoms. The van der Waals surface area contributed by atoms with Crippen molar-refractivity contribution in [3.05, 3.63) is 52.8 Å². The molecule has 0 unspecified atom stereocenters. The number of hydrogen-bond donors (Lipinski definition) is 0. The van der Waals surface area contributed by atoms with Crippen LogP contribution in [0.2, 0.25) is 0 Å². The minimum absolute atomic E-state index is 0.0497. The van der Waals surface area contributed by atoms with E-state index in [2.05, 4.69) is 9.64 Å². The number of alkyl halides is 2. The number of halogens is 3. The number of ether oxygens (including phenoxy) is 1. The zero-order valence-corrected chi connectivity index (χ0v) is 20.2. The van der Waals surface area contributed by atoms with Gasteiger partial charge >= 0.3 is 6.61 Å². The predicted octanol–water partition coefficient (Wildman–Crippen LogP) is 4.77. The molecule has 2 atom stereocenters. The quantitative estimate of drug-likeness (QED) is 0.610. The van der Waals surface area contributed by atoms with E-state index in [0.29, 0.717) is 41.1 Å². The van der Waals surface area contributed by atoms with E-state index in [9.17, 15) is 18.7 Å². The average Bonchev–Trinajstić information content (AvgIpc) is 3.04. The lowest BCUT2D eigenvalue weighted by molar-refractivity contribution is -0.276. The molecule has 35 heavy (non-hydrogen) atoms. The van der Waals surface area contributed by atoms with Gasteiger partial charge in [0, 0.05) is 18.2 Å². The number of amides is 1. The van der Waals surface area contributed by atoms with Gasteiger partial charge in [-0.25, -0.2) is 4.39 Å². The second kappa shape index (κ2) is 8.73. The molecule has 1 aliphatic carbocycles. The lowest BCUT2D eigenvalue weighted by atomic mass is 9.79. The Balaban J connectivity index is 1.52. The van der Waals surface area contributed by atoms with Crippen molar-refractivity contribution in [1.82, 2.24) is 9.80 Å². The number of benzene rings is 2. The monoisotopic (exact) mass is 487 g/mol. The van der Waals surface area contributed by atoms with Gasteiger partial charge in [-0.05, 0) is 97.1 Å². The third kappa shape index (κ3) is 4.26. The summed E-state index contributed by atoms with van der Waals surface area (Å²) in [4.78, 5) is 16.3. The van der Waals surface area contributed by atoms with E-state index in [-0.39, 0.29) is 11.8 Å². The van der Waals surface area contributed by atoms with Crippen LogP contribution in [0.4, 0.5) is 18.0 Å². The highest BCUT2D eigenvalue weighted by Gasteiger charge is 2.48. The zero-order valence-electron chi connectivity index (χ0n) is 20.2. The number of carbonyl (C=O) groups excluding carboxylic acids is 1. The molecule has 0 N–H and O–H groups in total. The summed E-state index contributed by atoms with van der Waals surface area (Å²) in [5, 5.41) is 12.5. The second-order valence-corrected chi connectivity index (χ2v) is 10.8. The summed E-state index contributed by atoms with van der Waals surface area (Å²) in [5.41, 5.74) is 2.53. The maximum absolute atomic E-state index is 15.5. The van der Waals surface area contributed by atoms with E-state index in [4.69, 9.17) is 0 Å². The van der Waals surface area contributed by atoms with Gasteiger partial charge in [0.2, 0.25) is 0 Å². The summed E-state index contributed by atoms with van der Waals surface area (Å²) >= 11 is 0. The molecule has 0 radical (unpaired) electrons. The Labute approximate surface area is 203 Å². The highest BCUT2D eigenvalue weighted by atomic mass is 19.3. The van der Waals surface area contributed by atoms with Crippen molar-refractivity contribution in [3.63, 3.8) is 0 Å². The second-order valence-electron chi connectivity index (χ2n) is 10.8. The van der Waals surface area contributed by atoms with Crippen LogP contribution in [0.3, 0.4) is 0 Å². The lowest BCUT2D eigenvalue weighted by Gasteiger charge is -2.53. The number of nitrogens with zero attached hydrogens (tertiary/aromatic N) is 2. The van der Waals surface area contributed by atoms with Crippen molar-refractivity contribution in [2.24, 2.45) is 11.3 Å². The first kappa shape index (κ1) is 24.0. The Morgan fingerprint density at radius 3 is 2.49 bits per heavy atom. The van der Waals surface area contributed by atoms with Gasteiger partial charge in [0.05, 0.1) is 6.04 Å².